The van der Waals surface area contributed by atoms with Gasteiger partial charge in [-0.05, 0) is 6.42 Å². The first-order valence-corrected chi connectivity index (χ1v) is 8.30. The molecular formula is C14H19N7S. The standard InChI is InChI=1S/C14H19N7S/c1-14(2,3)10-7-21-13(18-10)22-12(19-21)17-9-4-5-11-15-8-16-20(11)6-9/h7-9H,4-6H2,1-3H3,(H,17,19)/t9-/m0/s1. The average molecular weight is 317 g/mol. The lowest BCUT2D eigenvalue weighted by molar-refractivity contribution is 0.441. The molecule has 3 aromatic rings. The van der Waals surface area contributed by atoms with Gasteiger partial charge in [-0.15, -0.1) is 5.10 Å². The van der Waals surface area contributed by atoms with E-state index in [1.165, 1.54) is 0 Å². The lowest BCUT2D eigenvalue weighted by Crippen LogP contribution is -2.31. The fraction of sp³-hybridized carbons (Fsp3) is 0.571. The van der Waals surface area contributed by atoms with Gasteiger partial charge in [0, 0.05) is 17.9 Å². The molecule has 0 saturated carbocycles. The van der Waals surface area contributed by atoms with Crippen molar-refractivity contribution in [2.24, 2.45) is 0 Å². The molecule has 0 fully saturated rings. The van der Waals surface area contributed by atoms with Gasteiger partial charge in [-0.2, -0.15) is 5.10 Å². The topological polar surface area (TPSA) is 72.9 Å². The molecule has 116 valence electrons. The van der Waals surface area contributed by atoms with Crippen LogP contribution >= 0.6 is 11.3 Å². The number of fused-ring (bicyclic) bond motifs is 2. The zero-order chi connectivity index (χ0) is 15.3. The number of nitrogens with zero attached hydrogens (tertiary/aromatic N) is 6. The van der Waals surface area contributed by atoms with Crippen molar-refractivity contribution in [1.82, 2.24) is 29.4 Å². The fourth-order valence-electron chi connectivity index (χ4n) is 2.65. The highest BCUT2D eigenvalue weighted by Crippen LogP contribution is 2.26. The highest BCUT2D eigenvalue weighted by Gasteiger charge is 2.22. The Kier molecular flexibility index (Phi) is 2.97. The van der Waals surface area contributed by atoms with E-state index in [0.29, 0.717) is 6.04 Å². The first-order valence-electron chi connectivity index (χ1n) is 7.49. The second kappa shape index (κ2) is 4.77. The molecule has 1 aliphatic rings. The summed E-state index contributed by atoms with van der Waals surface area (Å²) in [4.78, 5) is 9.87. The maximum atomic E-state index is 4.68. The number of rotatable bonds is 2. The highest BCUT2D eigenvalue weighted by molar-refractivity contribution is 7.20. The van der Waals surface area contributed by atoms with Gasteiger partial charge in [-0.25, -0.2) is 19.2 Å². The number of hydrogen-bond acceptors (Lipinski definition) is 6. The molecule has 4 rings (SSSR count). The molecular weight excluding hydrogens is 298 g/mol. The summed E-state index contributed by atoms with van der Waals surface area (Å²) < 4.78 is 3.84. The Bertz CT molecular complexity index is 775. The molecule has 0 aliphatic carbocycles. The van der Waals surface area contributed by atoms with E-state index in [9.17, 15) is 0 Å². The van der Waals surface area contributed by atoms with Gasteiger partial charge in [0.2, 0.25) is 10.1 Å². The Hall–Kier alpha value is -1.96. The van der Waals surface area contributed by atoms with Gasteiger partial charge in [0.25, 0.3) is 0 Å². The van der Waals surface area contributed by atoms with Crippen LogP contribution in [0.4, 0.5) is 5.13 Å². The lowest BCUT2D eigenvalue weighted by Gasteiger charge is -2.22. The van der Waals surface area contributed by atoms with Crippen LogP contribution in [-0.4, -0.2) is 35.4 Å². The van der Waals surface area contributed by atoms with Crippen molar-refractivity contribution in [3.8, 4) is 0 Å². The van der Waals surface area contributed by atoms with Crippen molar-refractivity contribution in [3.05, 3.63) is 24.0 Å². The van der Waals surface area contributed by atoms with Crippen LogP contribution in [0.25, 0.3) is 4.96 Å². The van der Waals surface area contributed by atoms with E-state index < -0.39 is 0 Å². The van der Waals surface area contributed by atoms with Crippen molar-refractivity contribution in [2.45, 2.75) is 51.6 Å². The minimum atomic E-state index is 0.0495. The maximum absolute atomic E-state index is 4.68. The molecule has 1 aliphatic heterocycles. The first-order chi connectivity index (χ1) is 10.5. The van der Waals surface area contributed by atoms with Crippen LogP contribution in [0.5, 0.6) is 0 Å². The zero-order valence-corrected chi connectivity index (χ0v) is 13.8. The normalized spacial score (nSPS) is 18.6. The van der Waals surface area contributed by atoms with E-state index in [-0.39, 0.29) is 5.41 Å². The summed E-state index contributed by atoms with van der Waals surface area (Å²) in [5.41, 5.74) is 1.12. The molecule has 3 aromatic heterocycles. The monoisotopic (exact) mass is 317 g/mol. The quantitative estimate of drug-likeness (QED) is 0.783. The smallest absolute Gasteiger partial charge is 0.214 e. The molecule has 0 spiro atoms. The summed E-state index contributed by atoms with van der Waals surface area (Å²) in [7, 11) is 0. The van der Waals surface area contributed by atoms with Crippen molar-refractivity contribution in [3.63, 3.8) is 0 Å². The molecule has 0 radical (unpaired) electrons. The van der Waals surface area contributed by atoms with Gasteiger partial charge in [0.05, 0.1) is 18.4 Å². The minimum Gasteiger partial charge on any atom is -0.355 e. The van der Waals surface area contributed by atoms with E-state index in [0.717, 1.165) is 41.0 Å². The van der Waals surface area contributed by atoms with Crippen LogP contribution in [0, 0.1) is 0 Å². The summed E-state index contributed by atoms with van der Waals surface area (Å²) in [6.45, 7) is 7.33. The zero-order valence-electron chi connectivity index (χ0n) is 12.9. The summed E-state index contributed by atoms with van der Waals surface area (Å²) in [5, 5.41) is 13.3. The van der Waals surface area contributed by atoms with Crippen molar-refractivity contribution in [2.75, 3.05) is 5.32 Å². The Labute approximate surface area is 132 Å². The molecule has 0 aromatic carbocycles. The van der Waals surface area contributed by atoms with Gasteiger partial charge in [-0.3, -0.25) is 0 Å². The van der Waals surface area contributed by atoms with Crippen LogP contribution in [0.15, 0.2) is 12.5 Å². The van der Waals surface area contributed by atoms with Gasteiger partial charge in [0.1, 0.15) is 12.2 Å². The Morgan fingerprint density at radius 2 is 2.23 bits per heavy atom. The van der Waals surface area contributed by atoms with Gasteiger partial charge < -0.3 is 5.32 Å². The molecule has 0 unspecified atom stereocenters. The predicted octanol–water partition coefficient (Wildman–Crippen LogP) is 2.11. The van der Waals surface area contributed by atoms with E-state index in [2.05, 4.69) is 46.3 Å². The summed E-state index contributed by atoms with van der Waals surface area (Å²) >= 11 is 1.60. The van der Waals surface area contributed by atoms with Crippen LogP contribution < -0.4 is 5.32 Å². The van der Waals surface area contributed by atoms with Crippen LogP contribution in [0.2, 0.25) is 0 Å². The summed E-state index contributed by atoms with van der Waals surface area (Å²) in [5.74, 6) is 1.07. The number of imidazole rings is 1. The first kappa shape index (κ1) is 13.7. The predicted molar refractivity (Wildman–Crippen MR) is 85.3 cm³/mol. The number of anilines is 1. The third kappa shape index (κ3) is 2.37. The Balaban J connectivity index is 1.52. The minimum absolute atomic E-state index is 0.0495. The molecule has 0 saturated heterocycles. The van der Waals surface area contributed by atoms with E-state index >= 15 is 0 Å². The van der Waals surface area contributed by atoms with Crippen LogP contribution in [0.1, 0.15) is 38.7 Å². The van der Waals surface area contributed by atoms with Crippen molar-refractivity contribution >= 4 is 21.4 Å². The molecule has 1 N–H and O–H groups in total. The Morgan fingerprint density at radius 1 is 1.36 bits per heavy atom. The maximum Gasteiger partial charge on any atom is 0.214 e. The van der Waals surface area contributed by atoms with Gasteiger partial charge in [0.15, 0.2) is 0 Å². The third-order valence-electron chi connectivity index (χ3n) is 3.94. The number of hydrogen-bond donors (Lipinski definition) is 1. The largest absolute Gasteiger partial charge is 0.355 e. The molecule has 7 nitrogen and oxygen atoms in total. The van der Waals surface area contributed by atoms with Gasteiger partial charge in [-0.1, -0.05) is 32.1 Å². The second-order valence-corrected chi connectivity index (χ2v) is 7.70. The molecule has 4 heterocycles. The van der Waals surface area contributed by atoms with Crippen molar-refractivity contribution < 1.29 is 0 Å². The molecule has 8 heteroatoms. The van der Waals surface area contributed by atoms with E-state index in [1.807, 2.05) is 15.4 Å². The third-order valence-corrected chi connectivity index (χ3v) is 4.80. The summed E-state index contributed by atoms with van der Waals surface area (Å²) in [6, 6.07) is 0.340. The highest BCUT2D eigenvalue weighted by atomic mass is 32.1. The average Bonchev–Trinajstić information content (AvgIpc) is 3.10. The second-order valence-electron chi connectivity index (χ2n) is 6.75. The molecule has 1 atom stereocenters. The van der Waals surface area contributed by atoms with Crippen molar-refractivity contribution in [1.29, 1.82) is 0 Å². The molecule has 0 amide bonds. The molecule has 0 bridgehead atoms. The summed E-state index contributed by atoms with van der Waals surface area (Å²) in [6.07, 6.45) is 5.65. The number of aromatic nitrogens is 6. The number of aryl methyl sites for hydroxylation is 1. The van der Waals surface area contributed by atoms with E-state index in [1.54, 1.807) is 17.7 Å². The Morgan fingerprint density at radius 3 is 3.00 bits per heavy atom. The van der Waals surface area contributed by atoms with E-state index in [4.69, 9.17) is 0 Å². The number of nitrogens with one attached hydrogen (secondary N) is 1. The van der Waals surface area contributed by atoms with Gasteiger partial charge >= 0.3 is 0 Å². The lowest BCUT2D eigenvalue weighted by atomic mass is 9.93. The SMILES string of the molecule is CC(C)(C)c1cn2nc(N[C@H]3CCc4ncnn4C3)sc2n1. The van der Waals surface area contributed by atoms with Crippen LogP contribution in [0.3, 0.4) is 0 Å². The molecule has 22 heavy (non-hydrogen) atoms. The van der Waals surface area contributed by atoms with Crippen LogP contribution in [-0.2, 0) is 18.4 Å². The fourth-order valence-corrected chi connectivity index (χ4v) is 3.51.